The number of hydrogen-bond donors (Lipinski definition) is 2. The Kier molecular flexibility index (Phi) is 3.78. The predicted molar refractivity (Wildman–Crippen MR) is 76.6 cm³/mol. The van der Waals surface area contributed by atoms with Crippen LogP contribution in [0.3, 0.4) is 0 Å². The van der Waals surface area contributed by atoms with Gasteiger partial charge in [0.05, 0.1) is 5.60 Å². The van der Waals surface area contributed by atoms with E-state index in [2.05, 4.69) is 19.2 Å². The summed E-state index contributed by atoms with van der Waals surface area (Å²) in [7, 11) is 0. The molecule has 1 fully saturated rings. The van der Waals surface area contributed by atoms with Crippen LogP contribution < -0.4 is 5.32 Å². The molecule has 3 nitrogen and oxygen atoms in total. The summed E-state index contributed by atoms with van der Waals surface area (Å²) in [5, 5.41) is 13.4. The summed E-state index contributed by atoms with van der Waals surface area (Å²) in [6, 6.07) is 0. The van der Waals surface area contributed by atoms with Gasteiger partial charge in [0.15, 0.2) is 5.78 Å². The van der Waals surface area contributed by atoms with Crippen LogP contribution in [0.15, 0.2) is 11.8 Å². The van der Waals surface area contributed by atoms with Crippen LogP contribution >= 0.6 is 0 Å². The number of carbonyl (C=O) groups excluding carboxylic acids is 1. The zero-order chi connectivity index (χ0) is 14.3. The second kappa shape index (κ2) is 4.93. The second-order valence-corrected chi connectivity index (χ2v) is 7.42. The lowest BCUT2D eigenvalue weighted by molar-refractivity contribution is -0.115. The van der Waals surface area contributed by atoms with Gasteiger partial charge in [0.2, 0.25) is 0 Å². The lowest BCUT2D eigenvalue weighted by Crippen LogP contribution is -2.23. The lowest BCUT2D eigenvalue weighted by atomic mass is 9.97. The molecular formula is C16H27NO2. The SMILES string of the molecule is CC(C)(O)C[C@@H]1[C@H](CNC2=CC(=O)CCC2)C1(C)C. The van der Waals surface area contributed by atoms with Gasteiger partial charge in [0, 0.05) is 24.7 Å². The summed E-state index contributed by atoms with van der Waals surface area (Å²) in [5.41, 5.74) is 0.809. The van der Waals surface area contributed by atoms with Crippen LogP contribution in [0.25, 0.3) is 0 Å². The number of aliphatic hydroxyl groups is 1. The van der Waals surface area contributed by atoms with Crippen LogP contribution in [0.2, 0.25) is 0 Å². The molecule has 2 N–H and O–H groups in total. The van der Waals surface area contributed by atoms with E-state index < -0.39 is 5.60 Å². The Morgan fingerprint density at radius 2 is 2.05 bits per heavy atom. The Labute approximate surface area is 116 Å². The van der Waals surface area contributed by atoms with E-state index in [1.807, 2.05) is 13.8 Å². The highest BCUT2D eigenvalue weighted by Gasteiger charge is 2.57. The molecular weight excluding hydrogens is 238 g/mol. The third-order valence-corrected chi connectivity index (χ3v) is 4.76. The van der Waals surface area contributed by atoms with Crippen molar-refractivity contribution in [1.29, 1.82) is 0 Å². The van der Waals surface area contributed by atoms with Gasteiger partial charge in [-0.3, -0.25) is 4.79 Å². The molecule has 19 heavy (non-hydrogen) atoms. The number of hydrogen-bond acceptors (Lipinski definition) is 3. The van der Waals surface area contributed by atoms with Crippen molar-refractivity contribution in [3.63, 3.8) is 0 Å². The van der Waals surface area contributed by atoms with Crippen LogP contribution in [0.5, 0.6) is 0 Å². The zero-order valence-electron chi connectivity index (χ0n) is 12.6. The zero-order valence-corrected chi connectivity index (χ0v) is 12.6. The second-order valence-electron chi connectivity index (χ2n) is 7.42. The average Bonchev–Trinajstić information content (AvgIpc) is 2.74. The van der Waals surface area contributed by atoms with E-state index in [9.17, 15) is 9.90 Å². The fourth-order valence-electron chi connectivity index (χ4n) is 3.38. The van der Waals surface area contributed by atoms with Crippen molar-refractivity contribution < 1.29 is 9.90 Å². The maximum Gasteiger partial charge on any atom is 0.157 e. The fourth-order valence-corrected chi connectivity index (χ4v) is 3.38. The smallest absolute Gasteiger partial charge is 0.157 e. The largest absolute Gasteiger partial charge is 0.390 e. The summed E-state index contributed by atoms with van der Waals surface area (Å²) in [5.74, 6) is 1.41. The minimum atomic E-state index is -0.587. The highest BCUT2D eigenvalue weighted by Crippen LogP contribution is 2.60. The van der Waals surface area contributed by atoms with Crippen LogP contribution in [0.4, 0.5) is 0 Å². The number of nitrogens with one attached hydrogen (secondary N) is 1. The molecule has 0 aromatic rings. The van der Waals surface area contributed by atoms with E-state index in [0.29, 0.717) is 23.7 Å². The van der Waals surface area contributed by atoms with Crippen LogP contribution in [0, 0.1) is 17.3 Å². The molecule has 3 heteroatoms. The van der Waals surface area contributed by atoms with Crippen molar-refractivity contribution in [2.45, 2.75) is 59.0 Å². The van der Waals surface area contributed by atoms with Gasteiger partial charge in [-0.1, -0.05) is 13.8 Å². The minimum Gasteiger partial charge on any atom is -0.390 e. The molecule has 108 valence electrons. The highest BCUT2D eigenvalue weighted by molar-refractivity contribution is 5.91. The van der Waals surface area contributed by atoms with Crippen molar-refractivity contribution in [2.75, 3.05) is 6.54 Å². The van der Waals surface area contributed by atoms with Crippen LogP contribution in [0.1, 0.15) is 53.4 Å². The Morgan fingerprint density at radius 3 is 2.63 bits per heavy atom. The first kappa shape index (κ1) is 14.6. The fraction of sp³-hybridized carbons (Fsp3) is 0.812. The third kappa shape index (κ3) is 3.59. The van der Waals surface area contributed by atoms with Crippen LogP contribution in [-0.2, 0) is 4.79 Å². The highest BCUT2D eigenvalue weighted by atomic mass is 16.3. The molecule has 2 aliphatic rings. The van der Waals surface area contributed by atoms with Gasteiger partial charge in [-0.2, -0.15) is 0 Å². The first-order valence-corrected chi connectivity index (χ1v) is 7.40. The summed E-state index contributed by atoms with van der Waals surface area (Å²) < 4.78 is 0. The summed E-state index contributed by atoms with van der Waals surface area (Å²) in [6.07, 6.45) is 5.28. The molecule has 0 aromatic carbocycles. The molecule has 2 rings (SSSR count). The summed E-state index contributed by atoms with van der Waals surface area (Å²) >= 11 is 0. The third-order valence-electron chi connectivity index (χ3n) is 4.76. The maximum absolute atomic E-state index is 11.4. The van der Waals surface area contributed by atoms with Gasteiger partial charge in [-0.05, 0) is 50.4 Å². The average molecular weight is 265 g/mol. The van der Waals surface area contributed by atoms with Gasteiger partial charge in [0.1, 0.15) is 0 Å². The molecule has 2 aliphatic carbocycles. The Bertz CT molecular complexity index is 390. The van der Waals surface area contributed by atoms with E-state index in [1.54, 1.807) is 6.08 Å². The molecule has 0 heterocycles. The van der Waals surface area contributed by atoms with Crippen molar-refractivity contribution in [3.8, 4) is 0 Å². The van der Waals surface area contributed by atoms with Gasteiger partial charge in [-0.25, -0.2) is 0 Å². The minimum absolute atomic E-state index is 0.247. The van der Waals surface area contributed by atoms with Crippen molar-refractivity contribution in [1.82, 2.24) is 5.32 Å². The quantitative estimate of drug-likeness (QED) is 0.803. The molecule has 0 radical (unpaired) electrons. The van der Waals surface area contributed by atoms with Crippen molar-refractivity contribution in [3.05, 3.63) is 11.8 Å². The molecule has 1 saturated carbocycles. The van der Waals surface area contributed by atoms with E-state index in [4.69, 9.17) is 0 Å². The maximum atomic E-state index is 11.4. The number of rotatable bonds is 5. The summed E-state index contributed by atoms with van der Waals surface area (Å²) in [4.78, 5) is 11.4. The van der Waals surface area contributed by atoms with Gasteiger partial charge in [0.25, 0.3) is 0 Å². The van der Waals surface area contributed by atoms with E-state index in [-0.39, 0.29) is 5.78 Å². The lowest BCUT2D eigenvalue weighted by Gasteiger charge is -2.18. The number of carbonyl (C=O) groups is 1. The van der Waals surface area contributed by atoms with Crippen LogP contribution in [-0.4, -0.2) is 23.0 Å². The van der Waals surface area contributed by atoms with Crippen molar-refractivity contribution >= 4 is 5.78 Å². The topological polar surface area (TPSA) is 49.3 Å². The Balaban J connectivity index is 1.85. The normalized spacial score (nSPS) is 29.9. The van der Waals surface area contributed by atoms with Gasteiger partial charge >= 0.3 is 0 Å². The van der Waals surface area contributed by atoms with Gasteiger partial charge < -0.3 is 10.4 Å². The number of allylic oxidation sites excluding steroid dienone is 2. The molecule has 0 bridgehead atoms. The monoisotopic (exact) mass is 265 g/mol. The standard InChI is InChI=1S/C16H27NO2/c1-15(2,19)9-13-14(16(13,3)4)10-17-11-6-5-7-12(18)8-11/h8,13-14,17,19H,5-7,9-10H2,1-4H3/t13-,14+/m1/s1. The molecule has 0 spiro atoms. The first-order chi connectivity index (χ1) is 8.70. The van der Waals surface area contributed by atoms with E-state index >= 15 is 0 Å². The molecule has 0 aliphatic heterocycles. The molecule has 2 atom stereocenters. The van der Waals surface area contributed by atoms with Crippen molar-refractivity contribution in [2.24, 2.45) is 17.3 Å². The first-order valence-electron chi connectivity index (χ1n) is 7.40. The Hall–Kier alpha value is -0.830. The number of ketones is 1. The van der Waals surface area contributed by atoms with E-state index in [1.165, 1.54) is 0 Å². The molecule has 0 unspecified atom stereocenters. The molecule has 0 saturated heterocycles. The predicted octanol–water partition coefficient (Wildman–Crippen LogP) is 2.65. The molecule has 0 aromatic heterocycles. The van der Waals surface area contributed by atoms with E-state index in [0.717, 1.165) is 31.5 Å². The van der Waals surface area contributed by atoms with Gasteiger partial charge in [-0.15, -0.1) is 0 Å². The summed E-state index contributed by atoms with van der Waals surface area (Å²) in [6.45, 7) is 9.24. The Morgan fingerprint density at radius 1 is 1.37 bits per heavy atom. The molecule has 0 amide bonds.